The number of hydrogen-bond acceptors (Lipinski definition) is 4. The number of urea groups is 1. The summed E-state index contributed by atoms with van der Waals surface area (Å²) in [7, 11) is 0. The molecule has 0 bridgehead atoms. The van der Waals surface area contributed by atoms with Crippen LogP contribution in [-0.2, 0) is 15.1 Å². The largest absolute Gasteiger partial charge is 0.480 e. The van der Waals surface area contributed by atoms with Gasteiger partial charge >= 0.3 is 12.0 Å². The Bertz CT molecular complexity index is 806. The second-order valence-electron chi connectivity index (χ2n) is 6.30. The number of carbonyl (C=O) groups excluding carboxylic acids is 2. The van der Waals surface area contributed by atoms with Crippen LogP contribution in [0.2, 0.25) is 0 Å². The van der Waals surface area contributed by atoms with E-state index >= 15 is 0 Å². The highest BCUT2D eigenvalue weighted by molar-refractivity contribution is 6.11. The van der Waals surface area contributed by atoms with Gasteiger partial charge in [-0.3, -0.25) is 14.5 Å². The van der Waals surface area contributed by atoms with E-state index in [1.54, 1.807) is 48.5 Å². The highest BCUT2D eigenvalue weighted by Crippen LogP contribution is 2.43. The zero-order valence-corrected chi connectivity index (χ0v) is 16.0. The summed E-state index contributed by atoms with van der Waals surface area (Å²) in [6.07, 6.45) is 0.487. The van der Waals surface area contributed by atoms with Crippen molar-refractivity contribution < 1.29 is 19.5 Å². The monoisotopic (exact) mass is 403 g/mol. The Kier molecular flexibility index (Phi) is 6.77. The first-order valence-electron chi connectivity index (χ1n) is 8.70. The third-order valence-electron chi connectivity index (χ3n) is 4.68. The maximum absolute atomic E-state index is 13.5. The van der Waals surface area contributed by atoms with E-state index in [1.165, 1.54) is 4.90 Å². The van der Waals surface area contributed by atoms with Gasteiger partial charge in [-0.1, -0.05) is 60.7 Å². The van der Waals surface area contributed by atoms with Crippen LogP contribution in [0.5, 0.6) is 0 Å². The Morgan fingerprint density at radius 2 is 1.46 bits per heavy atom. The molecule has 2 aromatic rings. The number of imide groups is 1. The number of carboxylic acids is 1. The summed E-state index contributed by atoms with van der Waals surface area (Å²) in [5, 5.41) is 9.20. The van der Waals surface area contributed by atoms with Crippen LogP contribution in [0, 0.1) is 0 Å². The van der Waals surface area contributed by atoms with Crippen LogP contribution in [0.4, 0.5) is 4.79 Å². The first-order chi connectivity index (χ1) is 13.0. The second kappa shape index (κ2) is 8.86. The van der Waals surface area contributed by atoms with Crippen LogP contribution < -0.4 is 5.73 Å². The van der Waals surface area contributed by atoms with Crippen molar-refractivity contribution in [2.24, 2.45) is 5.73 Å². The third kappa shape index (κ3) is 3.46. The number of benzene rings is 2. The Morgan fingerprint density at radius 1 is 0.964 bits per heavy atom. The molecule has 0 aliphatic carbocycles. The summed E-state index contributed by atoms with van der Waals surface area (Å²) >= 11 is 0. The van der Waals surface area contributed by atoms with Crippen LogP contribution in [0.3, 0.4) is 0 Å². The number of rotatable bonds is 7. The van der Waals surface area contributed by atoms with E-state index in [-0.39, 0.29) is 19.0 Å². The minimum atomic E-state index is -1.41. The van der Waals surface area contributed by atoms with E-state index in [2.05, 4.69) is 0 Å². The van der Waals surface area contributed by atoms with Crippen molar-refractivity contribution in [2.75, 3.05) is 19.6 Å². The van der Waals surface area contributed by atoms with Gasteiger partial charge < -0.3 is 15.7 Å². The molecule has 0 radical (unpaired) electrons. The normalized spacial score (nSPS) is 15.5. The lowest BCUT2D eigenvalue weighted by Gasteiger charge is -2.36. The molecule has 0 unspecified atom stereocenters. The molecule has 3 rings (SSSR count). The molecule has 1 heterocycles. The summed E-state index contributed by atoms with van der Waals surface area (Å²) < 4.78 is 0. The molecule has 2 aromatic carbocycles. The standard InChI is InChI=1S/C20H21N3O4.ClH/c21-12-7-13-23-19(27)22(14-17(24)25)18(26)20(23,15-8-3-1-4-9-15)16-10-5-2-6-11-16;/h1-6,8-11H,7,12-14,21H2,(H,24,25);1H. The minimum absolute atomic E-state index is 0. The maximum Gasteiger partial charge on any atom is 0.328 e. The van der Waals surface area contributed by atoms with Gasteiger partial charge in [-0.2, -0.15) is 0 Å². The molecular weight excluding hydrogens is 382 g/mol. The number of carboxylic acid groups (broad SMARTS) is 1. The highest BCUT2D eigenvalue weighted by atomic mass is 35.5. The molecule has 3 N–H and O–H groups in total. The van der Waals surface area contributed by atoms with E-state index in [1.807, 2.05) is 12.1 Å². The first-order valence-corrected chi connectivity index (χ1v) is 8.70. The van der Waals surface area contributed by atoms with Crippen LogP contribution >= 0.6 is 12.4 Å². The van der Waals surface area contributed by atoms with Gasteiger partial charge in [-0.25, -0.2) is 4.79 Å². The smallest absolute Gasteiger partial charge is 0.328 e. The molecule has 0 saturated carbocycles. The number of nitrogens with two attached hydrogens (primary N) is 1. The fourth-order valence-electron chi connectivity index (χ4n) is 3.56. The van der Waals surface area contributed by atoms with Crippen LogP contribution in [0.1, 0.15) is 17.5 Å². The van der Waals surface area contributed by atoms with Crippen molar-refractivity contribution in [3.63, 3.8) is 0 Å². The molecule has 28 heavy (non-hydrogen) atoms. The second-order valence-corrected chi connectivity index (χ2v) is 6.30. The van der Waals surface area contributed by atoms with Gasteiger partial charge in [-0.05, 0) is 24.1 Å². The van der Waals surface area contributed by atoms with E-state index in [4.69, 9.17) is 5.73 Å². The van der Waals surface area contributed by atoms with Gasteiger partial charge in [0, 0.05) is 6.54 Å². The van der Waals surface area contributed by atoms with Crippen molar-refractivity contribution in [2.45, 2.75) is 12.0 Å². The molecule has 7 nitrogen and oxygen atoms in total. The predicted octanol–water partition coefficient (Wildman–Crippen LogP) is 2.05. The molecule has 3 amide bonds. The van der Waals surface area contributed by atoms with E-state index in [0.717, 1.165) is 4.90 Å². The van der Waals surface area contributed by atoms with Gasteiger partial charge in [-0.15, -0.1) is 12.4 Å². The number of aliphatic carboxylic acids is 1. The Hall–Kier alpha value is -2.90. The fourth-order valence-corrected chi connectivity index (χ4v) is 3.56. The maximum atomic E-state index is 13.5. The van der Waals surface area contributed by atoms with Gasteiger partial charge in [0.2, 0.25) is 0 Å². The van der Waals surface area contributed by atoms with Crippen LogP contribution in [0.25, 0.3) is 0 Å². The van der Waals surface area contributed by atoms with Gasteiger partial charge in [0.15, 0.2) is 5.54 Å². The number of amides is 3. The molecule has 1 saturated heterocycles. The van der Waals surface area contributed by atoms with E-state index < -0.39 is 30.0 Å². The number of hydrogen-bond donors (Lipinski definition) is 2. The zero-order chi connectivity index (χ0) is 19.4. The van der Waals surface area contributed by atoms with Gasteiger partial charge in [0.1, 0.15) is 6.54 Å². The van der Waals surface area contributed by atoms with Crippen molar-refractivity contribution in [1.29, 1.82) is 0 Å². The Labute approximate surface area is 169 Å². The van der Waals surface area contributed by atoms with Crippen LogP contribution in [-0.4, -0.2) is 52.4 Å². The van der Waals surface area contributed by atoms with Gasteiger partial charge in [0.05, 0.1) is 0 Å². The van der Waals surface area contributed by atoms with Crippen LogP contribution in [0.15, 0.2) is 60.7 Å². The zero-order valence-electron chi connectivity index (χ0n) is 15.2. The molecule has 1 aliphatic heterocycles. The lowest BCUT2D eigenvalue weighted by atomic mass is 9.81. The summed E-state index contributed by atoms with van der Waals surface area (Å²) in [6, 6.07) is 17.3. The Morgan fingerprint density at radius 3 is 1.89 bits per heavy atom. The molecule has 1 fully saturated rings. The van der Waals surface area contributed by atoms with Crippen molar-refractivity contribution >= 4 is 30.3 Å². The lowest BCUT2D eigenvalue weighted by molar-refractivity contribution is -0.142. The average Bonchev–Trinajstić information content (AvgIpc) is 2.89. The number of halogens is 1. The molecule has 0 aromatic heterocycles. The molecule has 148 valence electrons. The van der Waals surface area contributed by atoms with Crippen molar-refractivity contribution in [3.05, 3.63) is 71.8 Å². The van der Waals surface area contributed by atoms with E-state index in [9.17, 15) is 19.5 Å². The summed E-state index contributed by atoms with van der Waals surface area (Å²) in [6.45, 7) is -0.101. The summed E-state index contributed by atoms with van der Waals surface area (Å²) in [5.41, 5.74) is 5.45. The van der Waals surface area contributed by atoms with Crippen molar-refractivity contribution in [1.82, 2.24) is 9.80 Å². The number of carbonyl (C=O) groups is 3. The molecular formula is C20H22ClN3O4. The molecule has 1 aliphatic rings. The summed E-state index contributed by atoms with van der Waals surface area (Å²) in [4.78, 5) is 40.1. The quantitative estimate of drug-likeness (QED) is 0.688. The van der Waals surface area contributed by atoms with E-state index in [0.29, 0.717) is 24.1 Å². The topological polar surface area (TPSA) is 104 Å². The highest BCUT2D eigenvalue weighted by Gasteiger charge is 2.59. The van der Waals surface area contributed by atoms with Gasteiger partial charge in [0.25, 0.3) is 5.91 Å². The first kappa shape index (κ1) is 21.4. The third-order valence-corrected chi connectivity index (χ3v) is 4.68. The summed E-state index contributed by atoms with van der Waals surface area (Å²) in [5.74, 6) is -1.81. The predicted molar refractivity (Wildman–Crippen MR) is 106 cm³/mol. The fraction of sp³-hybridized carbons (Fsp3) is 0.250. The molecule has 0 spiro atoms. The number of nitrogens with zero attached hydrogens (tertiary/aromatic N) is 2. The lowest BCUT2D eigenvalue weighted by Crippen LogP contribution is -2.48. The minimum Gasteiger partial charge on any atom is -0.480 e. The molecule has 0 atom stereocenters. The Balaban J connectivity index is 0.00000280. The SMILES string of the molecule is Cl.NCCCN1C(=O)N(CC(=O)O)C(=O)C1(c1ccccc1)c1ccccc1. The molecule has 8 heteroatoms. The van der Waals surface area contributed by atoms with Crippen molar-refractivity contribution in [3.8, 4) is 0 Å². The average molecular weight is 404 g/mol.